The Morgan fingerprint density at radius 1 is 1.59 bits per heavy atom. The van der Waals surface area contributed by atoms with Crippen molar-refractivity contribution in [3.05, 3.63) is 23.0 Å². The molecule has 1 aliphatic heterocycles. The fourth-order valence-electron chi connectivity index (χ4n) is 1.92. The summed E-state index contributed by atoms with van der Waals surface area (Å²) in [5, 5.41) is 9.71. The third-order valence-corrected chi connectivity index (χ3v) is 3.03. The van der Waals surface area contributed by atoms with Gasteiger partial charge in [-0.15, -0.1) is 0 Å². The second-order valence-corrected chi connectivity index (χ2v) is 4.36. The van der Waals surface area contributed by atoms with Gasteiger partial charge in [-0.05, 0) is 18.6 Å². The largest absolute Gasteiger partial charge is 0.388 e. The molecule has 0 spiro atoms. The maximum absolute atomic E-state index is 13.1. The number of rotatable bonds is 2. The van der Waals surface area contributed by atoms with Gasteiger partial charge in [0.25, 0.3) is 0 Å². The molecule has 17 heavy (non-hydrogen) atoms. The Bertz CT molecular complexity index is 430. The first-order valence-electron chi connectivity index (χ1n) is 5.30. The van der Waals surface area contributed by atoms with Gasteiger partial charge in [-0.2, -0.15) is 0 Å². The fourth-order valence-corrected chi connectivity index (χ4v) is 2.07. The summed E-state index contributed by atoms with van der Waals surface area (Å²) in [7, 11) is 0. The van der Waals surface area contributed by atoms with Crippen LogP contribution < -0.4 is 4.90 Å². The molecule has 1 saturated heterocycles. The topological polar surface area (TPSA) is 53.4 Å². The van der Waals surface area contributed by atoms with E-state index >= 15 is 0 Å². The number of carbonyl (C=O) groups excluding carboxylic acids is 1. The summed E-state index contributed by atoms with van der Waals surface area (Å²) in [4.78, 5) is 16.5. The number of pyridine rings is 1. The molecule has 2 atom stereocenters. The summed E-state index contributed by atoms with van der Waals surface area (Å²) >= 11 is 5.69. The number of carbonyl (C=O) groups is 1. The highest BCUT2D eigenvalue weighted by molar-refractivity contribution is 6.29. The van der Waals surface area contributed by atoms with Crippen LogP contribution in [0.2, 0.25) is 5.15 Å². The Labute approximate surface area is 103 Å². The fraction of sp³-hybridized carbons (Fsp3) is 0.455. The van der Waals surface area contributed by atoms with E-state index in [1.165, 1.54) is 0 Å². The molecule has 0 aromatic carbocycles. The van der Waals surface area contributed by atoms with E-state index < -0.39 is 12.3 Å². The van der Waals surface area contributed by atoms with Crippen LogP contribution in [0.5, 0.6) is 0 Å². The molecule has 1 aromatic rings. The van der Waals surface area contributed by atoms with Crippen LogP contribution in [0.3, 0.4) is 0 Å². The molecule has 2 heterocycles. The van der Waals surface area contributed by atoms with E-state index in [-0.39, 0.29) is 23.8 Å². The van der Waals surface area contributed by atoms with Gasteiger partial charge in [0.05, 0.1) is 5.69 Å². The van der Waals surface area contributed by atoms with Gasteiger partial charge in [0.15, 0.2) is 6.29 Å². The molecule has 1 aromatic heterocycles. The van der Waals surface area contributed by atoms with Crippen molar-refractivity contribution in [2.75, 3.05) is 18.0 Å². The van der Waals surface area contributed by atoms with Crippen molar-refractivity contribution in [2.45, 2.75) is 18.7 Å². The summed E-state index contributed by atoms with van der Waals surface area (Å²) in [6.45, 7) is 0.605. The van der Waals surface area contributed by atoms with E-state index in [4.69, 9.17) is 11.6 Å². The first-order chi connectivity index (χ1) is 8.11. The van der Waals surface area contributed by atoms with Gasteiger partial charge in [-0.25, -0.2) is 9.37 Å². The Balaban J connectivity index is 2.25. The third kappa shape index (κ3) is 2.56. The van der Waals surface area contributed by atoms with Crippen molar-refractivity contribution in [1.29, 1.82) is 0 Å². The van der Waals surface area contributed by atoms with Crippen LogP contribution in [0, 0.1) is 0 Å². The van der Waals surface area contributed by atoms with Gasteiger partial charge in [-0.1, -0.05) is 11.6 Å². The van der Waals surface area contributed by atoms with Crippen molar-refractivity contribution in [2.24, 2.45) is 0 Å². The minimum atomic E-state index is -1.20. The molecule has 1 aliphatic rings. The lowest BCUT2D eigenvalue weighted by Crippen LogP contribution is -2.45. The van der Waals surface area contributed by atoms with Crippen molar-refractivity contribution >= 4 is 23.6 Å². The van der Waals surface area contributed by atoms with Crippen molar-refractivity contribution in [3.63, 3.8) is 0 Å². The summed E-state index contributed by atoms with van der Waals surface area (Å²) in [5.41, 5.74) is 0.789. The highest BCUT2D eigenvalue weighted by Crippen LogP contribution is 2.24. The number of alkyl halides is 1. The van der Waals surface area contributed by atoms with Crippen LogP contribution >= 0.6 is 11.6 Å². The zero-order valence-corrected chi connectivity index (χ0v) is 9.77. The second-order valence-electron chi connectivity index (χ2n) is 3.97. The van der Waals surface area contributed by atoms with Crippen LogP contribution in [0.4, 0.5) is 10.1 Å². The molecule has 1 N–H and O–H groups in total. The highest BCUT2D eigenvalue weighted by atomic mass is 35.5. The van der Waals surface area contributed by atoms with Gasteiger partial charge in [0, 0.05) is 13.1 Å². The number of halogens is 2. The van der Waals surface area contributed by atoms with Gasteiger partial charge < -0.3 is 10.0 Å². The number of aromatic nitrogens is 1. The van der Waals surface area contributed by atoms with Crippen molar-refractivity contribution in [3.8, 4) is 0 Å². The number of piperidine rings is 1. The van der Waals surface area contributed by atoms with Crippen LogP contribution in [0.1, 0.15) is 16.9 Å². The number of anilines is 1. The SMILES string of the molecule is O=Cc1nc(Cl)ccc1N1CC[C@@H](F)C(O)C1. The predicted molar refractivity (Wildman–Crippen MR) is 62.4 cm³/mol. The van der Waals surface area contributed by atoms with Gasteiger partial charge in [-0.3, -0.25) is 4.79 Å². The summed E-state index contributed by atoms with van der Waals surface area (Å²) in [6.07, 6.45) is -1.39. The molecular formula is C11H12ClFN2O2. The molecule has 0 aliphatic carbocycles. The lowest BCUT2D eigenvalue weighted by Gasteiger charge is -2.34. The molecule has 6 heteroatoms. The Hall–Kier alpha value is -1.20. The van der Waals surface area contributed by atoms with Gasteiger partial charge in [0.2, 0.25) is 0 Å². The Morgan fingerprint density at radius 3 is 3.00 bits per heavy atom. The number of aldehydes is 1. The molecule has 0 radical (unpaired) electrons. The van der Waals surface area contributed by atoms with Crippen LogP contribution in [0.15, 0.2) is 12.1 Å². The number of aliphatic hydroxyl groups excluding tert-OH is 1. The number of hydrogen-bond donors (Lipinski definition) is 1. The number of β-amino-alcohol motifs (C(OH)–C–C–N with tert-alkyl or cyclic N) is 1. The van der Waals surface area contributed by atoms with Gasteiger partial charge in [0.1, 0.15) is 23.1 Å². The average Bonchev–Trinajstić information content (AvgIpc) is 2.32. The van der Waals surface area contributed by atoms with E-state index in [0.29, 0.717) is 18.5 Å². The van der Waals surface area contributed by atoms with Crippen LogP contribution in [0.25, 0.3) is 0 Å². The number of hydrogen-bond acceptors (Lipinski definition) is 4. The zero-order chi connectivity index (χ0) is 12.4. The quantitative estimate of drug-likeness (QED) is 0.645. The summed E-state index contributed by atoms with van der Waals surface area (Å²) in [5.74, 6) is 0. The maximum atomic E-state index is 13.1. The lowest BCUT2D eigenvalue weighted by atomic mass is 10.1. The average molecular weight is 259 g/mol. The van der Waals surface area contributed by atoms with Crippen LogP contribution in [-0.4, -0.2) is 41.7 Å². The Kier molecular flexibility index (Phi) is 3.59. The first-order valence-corrected chi connectivity index (χ1v) is 5.68. The minimum absolute atomic E-state index is 0.158. The van der Waals surface area contributed by atoms with Crippen LogP contribution in [-0.2, 0) is 0 Å². The Morgan fingerprint density at radius 2 is 2.35 bits per heavy atom. The molecule has 1 unspecified atom stereocenters. The number of aliphatic hydroxyl groups is 1. The first kappa shape index (κ1) is 12.3. The van der Waals surface area contributed by atoms with E-state index in [9.17, 15) is 14.3 Å². The van der Waals surface area contributed by atoms with Crippen molar-refractivity contribution in [1.82, 2.24) is 4.98 Å². The molecule has 0 bridgehead atoms. The van der Waals surface area contributed by atoms with E-state index in [1.807, 2.05) is 0 Å². The molecule has 1 fully saturated rings. The van der Waals surface area contributed by atoms with E-state index in [1.54, 1.807) is 17.0 Å². The second kappa shape index (κ2) is 4.98. The predicted octanol–water partition coefficient (Wildman–Crippen LogP) is 1.46. The summed E-state index contributed by atoms with van der Waals surface area (Å²) in [6, 6.07) is 3.22. The zero-order valence-electron chi connectivity index (χ0n) is 9.01. The van der Waals surface area contributed by atoms with E-state index in [0.717, 1.165) is 0 Å². The van der Waals surface area contributed by atoms with Gasteiger partial charge >= 0.3 is 0 Å². The summed E-state index contributed by atoms with van der Waals surface area (Å²) < 4.78 is 13.1. The van der Waals surface area contributed by atoms with E-state index in [2.05, 4.69) is 4.98 Å². The molecule has 0 amide bonds. The normalized spacial score (nSPS) is 24.8. The third-order valence-electron chi connectivity index (χ3n) is 2.82. The van der Waals surface area contributed by atoms with Crippen molar-refractivity contribution < 1.29 is 14.3 Å². The highest BCUT2D eigenvalue weighted by Gasteiger charge is 2.28. The maximum Gasteiger partial charge on any atom is 0.170 e. The molecular weight excluding hydrogens is 247 g/mol. The minimum Gasteiger partial charge on any atom is -0.388 e. The lowest BCUT2D eigenvalue weighted by molar-refractivity contribution is 0.0644. The molecule has 92 valence electrons. The molecule has 4 nitrogen and oxygen atoms in total. The monoisotopic (exact) mass is 258 g/mol. The number of nitrogens with zero attached hydrogens (tertiary/aromatic N) is 2. The molecule has 0 saturated carbocycles. The molecule has 2 rings (SSSR count). The smallest absolute Gasteiger partial charge is 0.170 e. The standard InChI is InChI=1S/C11H12ClFN2O2/c12-11-2-1-9(8(6-16)14-11)15-4-3-7(13)10(17)5-15/h1-2,6-7,10,17H,3-5H2/t7-,10?/m1/s1.